The molecule has 0 radical (unpaired) electrons. The Kier molecular flexibility index (Phi) is 7.40. The average molecular weight is 526 g/mol. The van der Waals surface area contributed by atoms with E-state index in [1.165, 1.54) is 30.3 Å². The van der Waals surface area contributed by atoms with Gasteiger partial charge in [0.05, 0.1) is 11.7 Å². The van der Waals surface area contributed by atoms with Crippen molar-refractivity contribution in [2.24, 2.45) is 0 Å². The Morgan fingerprint density at radius 1 is 1.25 bits per heavy atom. The van der Waals surface area contributed by atoms with Crippen LogP contribution in [0.2, 0.25) is 0 Å². The van der Waals surface area contributed by atoms with Crippen LogP contribution in [0, 0.1) is 11.3 Å². The lowest BCUT2D eigenvalue weighted by Gasteiger charge is -2.16. The van der Waals surface area contributed by atoms with E-state index in [1.54, 1.807) is 12.1 Å². The van der Waals surface area contributed by atoms with E-state index >= 15 is 0 Å². The summed E-state index contributed by atoms with van der Waals surface area (Å²) in [6, 6.07) is 12.9. The average Bonchev–Trinajstić information content (AvgIpc) is 3.46. The van der Waals surface area contributed by atoms with Gasteiger partial charge >= 0.3 is 0 Å². The molecule has 4 rings (SSSR count). The molecule has 1 atom stereocenters. The summed E-state index contributed by atoms with van der Waals surface area (Å²) >= 11 is 1.41. The van der Waals surface area contributed by atoms with Crippen LogP contribution in [-0.4, -0.2) is 55.4 Å². The quantitative estimate of drug-likeness (QED) is 0.477. The minimum absolute atomic E-state index is 0.0435. The van der Waals surface area contributed by atoms with Crippen LogP contribution in [0.4, 0.5) is 0 Å². The molecule has 2 aromatic carbocycles. The van der Waals surface area contributed by atoms with E-state index in [9.17, 15) is 18.5 Å². The minimum Gasteiger partial charge on any atom is -0.490 e. The molecule has 1 aromatic heterocycles. The number of nitrogens with one attached hydrogen (secondary N) is 1. The number of rotatable bonds is 8. The lowest BCUT2D eigenvalue weighted by Crippen LogP contribution is -2.37. The molecule has 188 valence electrons. The smallest absolute Gasteiger partial charge is 0.238 e. The Balaban J connectivity index is 1.59. The molecule has 9 nitrogen and oxygen atoms in total. The Morgan fingerprint density at radius 2 is 2.00 bits per heavy atom. The van der Waals surface area contributed by atoms with Crippen molar-refractivity contribution in [3.05, 3.63) is 53.1 Å². The Morgan fingerprint density at radius 3 is 2.69 bits per heavy atom. The summed E-state index contributed by atoms with van der Waals surface area (Å²) in [7, 11) is -0.726. The summed E-state index contributed by atoms with van der Waals surface area (Å²) < 4.78 is 33.5. The van der Waals surface area contributed by atoms with Crippen LogP contribution >= 0.6 is 11.3 Å². The van der Waals surface area contributed by atoms with E-state index in [2.05, 4.69) is 21.0 Å². The molecule has 0 saturated carbocycles. The number of carbonyl (C=O) groups excluding carboxylic acids is 1. The largest absolute Gasteiger partial charge is 0.490 e. The maximum absolute atomic E-state index is 12.6. The third-order valence-electron chi connectivity index (χ3n) is 5.77. The Labute approximate surface area is 214 Å². The third-order valence-corrected chi connectivity index (χ3v) is 8.05. The highest BCUT2D eigenvalue weighted by Gasteiger charge is 2.30. The SMILES string of the molecule is CC(C)Oc1ccc(-c2nnc(-c3cccc4c3CC[C@@H]4NS(=O)(=O)CC(=O)N(C)C)s2)cc1C#N. The number of hydrogen-bond acceptors (Lipinski definition) is 8. The van der Waals surface area contributed by atoms with Crippen LogP contribution in [0.25, 0.3) is 21.1 Å². The Hall–Kier alpha value is -3.33. The number of carbonyl (C=O) groups is 1. The predicted octanol–water partition coefficient (Wildman–Crippen LogP) is 3.53. The number of ether oxygens (including phenoxy) is 1. The summed E-state index contributed by atoms with van der Waals surface area (Å²) in [5, 5.41) is 19.7. The predicted molar refractivity (Wildman–Crippen MR) is 138 cm³/mol. The zero-order valence-electron chi connectivity index (χ0n) is 20.5. The molecule has 0 saturated heterocycles. The van der Waals surface area contributed by atoms with Gasteiger partial charge in [-0.25, -0.2) is 13.1 Å². The fourth-order valence-corrected chi connectivity index (χ4v) is 6.32. The number of benzene rings is 2. The van der Waals surface area contributed by atoms with Crippen molar-refractivity contribution >= 4 is 27.3 Å². The molecular formula is C25H27N5O4S2. The first-order valence-electron chi connectivity index (χ1n) is 11.4. The number of sulfonamides is 1. The highest BCUT2D eigenvalue weighted by molar-refractivity contribution is 7.90. The molecule has 1 amide bonds. The standard InChI is InChI=1S/C25H27N5O4S2/c1-15(2)34-22-11-8-16(12-17(22)13-26)24-27-28-25(35-24)20-7-5-6-19-18(20)9-10-21(19)29-36(32,33)14-23(31)30(3)4/h5-8,11-12,15,21,29H,9-10,14H2,1-4H3/t21-/m0/s1. The number of amides is 1. The van der Waals surface area contributed by atoms with Gasteiger partial charge in [-0.1, -0.05) is 29.5 Å². The molecule has 11 heteroatoms. The minimum atomic E-state index is -3.78. The van der Waals surface area contributed by atoms with E-state index in [0.29, 0.717) is 34.2 Å². The highest BCUT2D eigenvalue weighted by atomic mass is 32.2. The molecule has 1 aliphatic rings. The van der Waals surface area contributed by atoms with Gasteiger partial charge in [-0.2, -0.15) is 5.26 Å². The zero-order chi connectivity index (χ0) is 26.0. The van der Waals surface area contributed by atoms with Crippen molar-refractivity contribution in [1.82, 2.24) is 19.8 Å². The maximum atomic E-state index is 12.6. The molecule has 1 N–H and O–H groups in total. The lowest BCUT2D eigenvalue weighted by molar-refractivity contribution is -0.125. The first-order chi connectivity index (χ1) is 17.1. The van der Waals surface area contributed by atoms with Gasteiger partial charge in [0.2, 0.25) is 15.9 Å². The van der Waals surface area contributed by atoms with Crippen LogP contribution in [0.15, 0.2) is 36.4 Å². The van der Waals surface area contributed by atoms with Crippen LogP contribution in [0.1, 0.15) is 43.0 Å². The fraction of sp³-hybridized carbons (Fsp3) is 0.360. The molecular weight excluding hydrogens is 498 g/mol. The van der Waals surface area contributed by atoms with Crippen molar-refractivity contribution in [3.8, 4) is 33.0 Å². The number of aromatic nitrogens is 2. The van der Waals surface area contributed by atoms with E-state index in [-0.39, 0.29) is 6.10 Å². The topological polar surface area (TPSA) is 125 Å². The summed E-state index contributed by atoms with van der Waals surface area (Å²) in [5.74, 6) is -0.529. The molecule has 0 unspecified atom stereocenters. The van der Waals surface area contributed by atoms with E-state index in [1.807, 2.05) is 38.1 Å². The normalized spacial score (nSPS) is 14.9. The van der Waals surface area contributed by atoms with Crippen molar-refractivity contribution < 1.29 is 17.9 Å². The van der Waals surface area contributed by atoms with E-state index < -0.39 is 27.7 Å². The second kappa shape index (κ2) is 10.3. The van der Waals surface area contributed by atoms with Crippen molar-refractivity contribution in [3.63, 3.8) is 0 Å². The Bertz CT molecular complexity index is 1440. The van der Waals surface area contributed by atoms with Crippen LogP contribution in [-0.2, 0) is 21.2 Å². The molecule has 36 heavy (non-hydrogen) atoms. The number of hydrogen-bond donors (Lipinski definition) is 1. The monoisotopic (exact) mass is 525 g/mol. The number of nitrogens with zero attached hydrogens (tertiary/aromatic N) is 4. The van der Waals surface area contributed by atoms with E-state index in [0.717, 1.165) is 22.3 Å². The molecule has 0 spiro atoms. The van der Waals surface area contributed by atoms with Crippen molar-refractivity contribution in [2.75, 3.05) is 19.8 Å². The van der Waals surface area contributed by atoms with Gasteiger partial charge in [-0.15, -0.1) is 10.2 Å². The summed E-state index contributed by atoms with van der Waals surface area (Å²) in [6.45, 7) is 3.81. The van der Waals surface area contributed by atoms with Crippen LogP contribution in [0.5, 0.6) is 5.75 Å². The van der Waals surface area contributed by atoms with Crippen LogP contribution < -0.4 is 9.46 Å². The molecule has 1 heterocycles. The van der Waals surface area contributed by atoms with Crippen molar-refractivity contribution in [1.29, 1.82) is 5.26 Å². The van der Waals surface area contributed by atoms with Crippen molar-refractivity contribution in [2.45, 2.75) is 38.8 Å². The fourth-order valence-electron chi connectivity index (χ4n) is 4.08. The summed E-state index contributed by atoms with van der Waals surface area (Å²) in [5.41, 5.74) is 4.01. The first-order valence-corrected chi connectivity index (χ1v) is 13.9. The number of fused-ring (bicyclic) bond motifs is 1. The lowest BCUT2D eigenvalue weighted by atomic mass is 10.0. The third kappa shape index (κ3) is 5.56. The van der Waals surface area contributed by atoms with Gasteiger partial charge in [-0.3, -0.25) is 4.79 Å². The zero-order valence-corrected chi connectivity index (χ0v) is 22.1. The second-order valence-electron chi connectivity index (χ2n) is 9.03. The van der Waals surface area contributed by atoms with Gasteiger partial charge < -0.3 is 9.64 Å². The number of nitriles is 1. The van der Waals surface area contributed by atoms with E-state index in [4.69, 9.17) is 4.74 Å². The molecule has 1 aliphatic carbocycles. The molecule has 3 aromatic rings. The molecule has 0 bridgehead atoms. The second-order valence-corrected chi connectivity index (χ2v) is 11.8. The highest BCUT2D eigenvalue weighted by Crippen LogP contribution is 2.40. The van der Waals surface area contributed by atoms with Gasteiger partial charge in [-0.05, 0) is 56.0 Å². The maximum Gasteiger partial charge on any atom is 0.238 e. The first kappa shape index (κ1) is 25.8. The molecule has 0 aliphatic heterocycles. The van der Waals surface area contributed by atoms with Gasteiger partial charge in [0.15, 0.2) is 0 Å². The molecule has 0 fully saturated rings. The van der Waals surface area contributed by atoms with Gasteiger partial charge in [0, 0.05) is 31.3 Å². The summed E-state index contributed by atoms with van der Waals surface area (Å²) in [6.07, 6.45) is 1.23. The van der Waals surface area contributed by atoms with Gasteiger partial charge in [0.1, 0.15) is 27.6 Å². The summed E-state index contributed by atoms with van der Waals surface area (Å²) in [4.78, 5) is 13.2. The van der Waals surface area contributed by atoms with Crippen LogP contribution in [0.3, 0.4) is 0 Å². The van der Waals surface area contributed by atoms with Gasteiger partial charge in [0.25, 0.3) is 0 Å².